The molecule has 43 heavy (non-hydrogen) atoms. The van der Waals surface area contributed by atoms with Gasteiger partial charge in [-0.2, -0.15) is 0 Å². The maximum Gasteiger partial charge on any atom is 0.305 e. The van der Waals surface area contributed by atoms with Gasteiger partial charge in [0.2, 0.25) is 0 Å². The largest absolute Gasteiger partial charge is 0.481 e. The van der Waals surface area contributed by atoms with E-state index in [9.17, 15) is 33.0 Å². The lowest BCUT2D eigenvalue weighted by molar-refractivity contribution is -0.139. The van der Waals surface area contributed by atoms with Gasteiger partial charge in [0.1, 0.15) is 23.1 Å². The van der Waals surface area contributed by atoms with Crippen molar-refractivity contribution in [3.05, 3.63) is 102 Å². The van der Waals surface area contributed by atoms with Crippen molar-refractivity contribution in [1.29, 1.82) is 0 Å². The van der Waals surface area contributed by atoms with Gasteiger partial charge in [-0.15, -0.1) is 0 Å². The molecule has 0 spiro atoms. The molecule has 226 valence electrons. The number of nitrogens with zero attached hydrogens (tertiary/aromatic N) is 1. The van der Waals surface area contributed by atoms with Gasteiger partial charge in [0, 0.05) is 22.9 Å². The average Bonchev–Trinajstić information content (AvgIpc) is 3.29. The van der Waals surface area contributed by atoms with Crippen LogP contribution in [-0.4, -0.2) is 44.0 Å². The highest BCUT2D eigenvalue weighted by atomic mass is 19.1. The van der Waals surface area contributed by atoms with Gasteiger partial charge in [0.15, 0.2) is 0 Å². The molecule has 0 aliphatic heterocycles. The minimum atomic E-state index is -1.25. The fraction of sp³-hybridized carbons (Fsp3) is 0.273. The van der Waals surface area contributed by atoms with Crippen LogP contribution in [0.4, 0.5) is 18.9 Å². The molecular weight excluding hydrogens is 561 g/mol. The number of amides is 1. The normalized spacial score (nSPS) is 12.7. The van der Waals surface area contributed by atoms with Crippen LogP contribution in [0.3, 0.4) is 0 Å². The molecule has 1 amide bonds. The fourth-order valence-electron chi connectivity index (χ4n) is 5.27. The van der Waals surface area contributed by atoms with E-state index < -0.39 is 48.0 Å². The molecule has 1 aromatic heterocycles. The van der Waals surface area contributed by atoms with E-state index in [2.05, 4.69) is 5.32 Å². The topological polar surface area (TPSA) is 112 Å². The van der Waals surface area contributed by atoms with Gasteiger partial charge in [0.25, 0.3) is 5.91 Å². The van der Waals surface area contributed by atoms with E-state index in [1.165, 1.54) is 54.6 Å². The van der Waals surface area contributed by atoms with Gasteiger partial charge < -0.3 is 25.2 Å². The van der Waals surface area contributed by atoms with E-state index in [-0.39, 0.29) is 36.7 Å². The lowest BCUT2D eigenvalue weighted by Crippen LogP contribution is -2.23. The number of para-hydroxylation sites is 1. The number of benzene rings is 3. The van der Waals surface area contributed by atoms with Crippen LogP contribution in [0.15, 0.2) is 72.8 Å². The number of aliphatic hydroxyl groups is 2. The van der Waals surface area contributed by atoms with Crippen LogP contribution in [0.5, 0.6) is 0 Å². The standard InChI is InChI=1S/C33H33F3N2O5/c1-19(2)38-28(16-15-24(39)17-25(40)18-29(41)42)30(20-7-11-22(34)12-8-20)31(21-9-13-23(35)14-10-21)32(38)33(43)37-27-6-4-3-5-26(27)36/h3-14,19,24-25,39-40H,15-18H2,1-2H3,(H,37,43)(H,41,42)/t24-,25-/m1/s1. The van der Waals surface area contributed by atoms with Gasteiger partial charge in [-0.1, -0.05) is 36.4 Å². The number of hydrogen-bond donors (Lipinski definition) is 4. The summed E-state index contributed by atoms with van der Waals surface area (Å²) in [6.07, 6.45) is -2.75. The third-order valence-electron chi connectivity index (χ3n) is 7.10. The molecule has 0 aliphatic rings. The number of carboxylic acids is 1. The van der Waals surface area contributed by atoms with Gasteiger partial charge in [-0.05, 0) is 80.6 Å². The van der Waals surface area contributed by atoms with E-state index in [4.69, 9.17) is 5.11 Å². The molecule has 0 saturated heterocycles. The van der Waals surface area contributed by atoms with E-state index in [0.29, 0.717) is 27.9 Å². The van der Waals surface area contributed by atoms with Crippen LogP contribution in [0, 0.1) is 17.5 Å². The Labute approximate surface area is 247 Å². The first kappa shape index (κ1) is 31.5. The minimum absolute atomic E-state index is 0.0400. The summed E-state index contributed by atoms with van der Waals surface area (Å²) < 4.78 is 44.4. The molecule has 4 N–H and O–H groups in total. The number of aliphatic carboxylic acids is 1. The third kappa shape index (κ3) is 7.52. The number of carboxylic acid groups (broad SMARTS) is 1. The van der Waals surface area contributed by atoms with Crippen molar-refractivity contribution in [3.8, 4) is 22.3 Å². The first-order valence-corrected chi connectivity index (χ1v) is 13.9. The Kier molecular flexibility index (Phi) is 10.1. The summed E-state index contributed by atoms with van der Waals surface area (Å²) in [6.45, 7) is 3.69. The second kappa shape index (κ2) is 13.7. The van der Waals surface area contributed by atoms with Crippen molar-refractivity contribution in [2.24, 2.45) is 0 Å². The summed E-state index contributed by atoms with van der Waals surface area (Å²) in [5.74, 6) is -3.43. The first-order chi connectivity index (χ1) is 20.5. The van der Waals surface area contributed by atoms with Gasteiger partial charge in [-0.3, -0.25) is 9.59 Å². The monoisotopic (exact) mass is 594 g/mol. The summed E-state index contributed by atoms with van der Waals surface area (Å²) in [4.78, 5) is 25.0. The number of hydrogen-bond acceptors (Lipinski definition) is 4. The molecule has 0 aliphatic carbocycles. The maximum atomic E-state index is 14.6. The Morgan fingerprint density at radius 2 is 1.37 bits per heavy atom. The van der Waals surface area contributed by atoms with Crippen LogP contribution in [0.1, 0.15) is 55.3 Å². The van der Waals surface area contributed by atoms with Crippen molar-refractivity contribution in [3.63, 3.8) is 0 Å². The molecule has 0 radical (unpaired) electrons. The van der Waals surface area contributed by atoms with Crippen molar-refractivity contribution in [1.82, 2.24) is 4.57 Å². The van der Waals surface area contributed by atoms with Crippen molar-refractivity contribution in [2.45, 2.75) is 57.8 Å². The molecule has 0 saturated carbocycles. The van der Waals surface area contributed by atoms with E-state index in [0.717, 1.165) is 0 Å². The van der Waals surface area contributed by atoms with Crippen molar-refractivity contribution < 1.29 is 38.1 Å². The third-order valence-corrected chi connectivity index (χ3v) is 7.10. The summed E-state index contributed by atoms with van der Waals surface area (Å²) in [6, 6.07) is 16.6. The molecule has 1 heterocycles. The molecule has 4 rings (SSSR count). The number of nitrogens with one attached hydrogen (secondary N) is 1. The number of carbonyl (C=O) groups excluding carboxylic acids is 1. The number of aromatic nitrogens is 1. The Balaban J connectivity index is 1.93. The van der Waals surface area contributed by atoms with Gasteiger partial charge >= 0.3 is 5.97 Å². The predicted molar refractivity (Wildman–Crippen MR) is 157 cm³/mol. The molecule has 3 aromatic carbocycles. The SMILES string of the molecule is CC(C)n1c(CC[C@@H](O)C[C@@H](O)CC(=O)O)c(-c2ccc(F)cc2)c(-c2ccc(F)cc2)c1C(=O)Nc1ccccc1F. The predicted octanol–water partition coefficient (Wildman–Crippen LogP) is 6.59. The molecule has 0 fully saturated rings. The summed E-state index contributed by atoms with van der Waals surface area (Å²) >= 11 is 0. The zero-order valence-corrected chi connectivity index (χ0v) is 23.7. The highest BCUT2D eigenvalue weighted by Crippen LogP contribution is 2.43. The highest BCUT2D eigenvalue weighted by Gasteiger charge is 2.31. The van der Waals surface area contributed by atoms with Crippen LogP contribution in [-0.2, 0) is 11.2 Å². The quantitative estimate of drug-likeness (QED) is 0.148. The molecule has 0 bridgehead atoms. The van der Waals surface area contributed by atoms with Crippen molar-refractivity contribution >= 4 is 17.6 Å². The zero-order chi connectivity index (χ0) is 31.3. The van der Waals surface area contributed by atoms with Crippen LogP contribution < -0.4 is 5.32 Å². The van der Waals surface area contributed by atoms with Crippen LogP contribution in [0.25, 0.3) is 22.3 Å². The zero-order valence-electron chi connectivity index (χ0n) is 23.7. The molecular formula is C33H33F3N2O5. The summed E-state index contributed by atoms with van der Waals surface area (Å²) in [5, 5.41) is 32.4. The van der Waals surface area contributed by atoms with Crippen molar-refractivity contribution in [2.75, 3.05) is 5.32 Å². The molecule has 10 heteroatoms. The fourth-order valence-corrected chi connectivity index (χ4v) is 5.27. The van der Waals surface area contributed by atoms with E-state index in [1.807, 2.05) is 13.8 Å². The second-order valence-electron chi connectivity index (χ2n) is 10.6. The number of carbonyl (C=O) groups is 2. The number of anilines is 1. The lowest BCUT2D eigenvalue weighted by atomic mass is 9.92. The lowest BCUT2D eigenvalue weighted by Gasteiger charge is -2.20. The second-order valence-corrected chi connectivity index (χ2v) is 10.6. The average molecular weight is 595 g/mol. The summed E-state index contributed by atoms with van der Waals surface area (Å²) in [7, 11) is 0. The minimum Gasteiger partial charge on any atom is -0.481 e. The molecule has 0 unspecified atom stereocenters. The number of aliphatic hydroxyl groups excluding tert-OH is 2. The van der Waals surface area contributed by atoms with Crippen LogP contribution >= 0.6 is 0 Å². The van der Waals surface area contributed by atoms with Gasteiger partial charge in [-0.25, -0.2) is 13.2 Å². The van der Waals surface area contributed by atoms with E-state index >= 15 is 0 Å². The Bertz CT molecular complexity index is 1580. The van der Waals surface area contributed by atoms with Crippen LogP contribution in [0.2, 0.25) is 0 Å². The molecule has 7 nitrogen and oxygen atoms in total. The Morgan fingerprint density at radius 1 is 0.814 bits per heavy atom. The Hall–Kier alpha value is -4.41. The number of rotatable bonds is 12. The van der Waals surface area contributed by atoms with Gasteiger partial charge in [0.05, 0.1) is 24.3 Å². The smallest absolute Gasteiger partial charge is 0.305 e. The first-order valence-electron chi connectivity index (χ1n) is 13.9. The summed E-state index contributed by atoms with van der Waals surface area (Å²) in [5.41, 5.74) is 2.68. The molecule has 2 atom stereocenters. The Morgan fingerprint density at radius 3 is 1.91 bits per heavy atom. The van der Waals surface area contributed by atoms with E-state index in [1.54, 1.807) is 22.8 Å². The highest BCUT2D eigenvalue weighted by molar-refractivity contribution is 6.11. The number of halogens is 3. The molecule has 4 aromatic rings. The maximum absolute atomic E-state index is 14.6.